The smallest absolute Gasteiger partial charge is 0.289 e. The van der Waals surface area contributed by atoms with Gasteiger partial charge in [0, 0.05) is 26.8 Å². The quantitative estimate of drug-likeness (QED) is 0.130. The molecule has 1 rings (SSSR count). The van der Waals surface area contributed by atoms with Crippen molar-refractivity contribution in [2.24, 2.45) is 0 Å². The molecule has 0 aliphatic carbocycles. The van der Waals surface area contributed by atoms with Crippen LogP contribution in [0.1, 0.15) is 86.0 Å². The number of amides is 4. The molecule has 10 nitrogen and oxygen atoms in total. The van der Waals surface area contributed by atoms with E-state index in [2.05, 4.69) is 43.3 Å². The normalized spacial score (nSPS) is 13.2. The van der Waals surface area contributed by atoms with Gasteiger partial charge in [-0.05, 0) is 19.3 Å². The SMILES string of the molecule is C=CCNC(=O)C(=O)CNC(=O)C1CCCN1C(=O)CNC=O.CC.CCC.CCCCCCCOC. The van der Waals surface area contributed by atoms with Crippen molar-refractivity contribution in [3.63, 3.8) is 0 Å². The molecule has 0 bridgehead atoms. The van der Waals surface area contributed by atoms with Gasteiger partial charge in [-0.15, -0.1) is 6.58 Å². The number of Topliss-reactive ketones (excluding diaryl/α,β-unsaturated/α-hetero) is 1. The predicted molar refractivity (Wildman–Crippen MR) is 148 cm³/mol. The molecule has 1 atom stereocenters. The van der Waals surface area contributed by atoms with Crippen molar-refractivity contribution < 1.29 is 28.7 Å². The summed E-state index contributed by atoms with van der Waals surface area (Å²) in [6.07, 6.45) is 10.9. The first-order valence-electron chi connectivity index (χ1n) is 13.5. The monoisotopic (exact) mass is 528 g/mol. The van der Waals surface area contributed by atoms with Crippen LogP contribution in [0.5, 0.6) is 0 Å². The Bertz CT molecular complexity index is 622. The molecule has 0 aromatic heterocycles. The Kier molecular flexibility index (Phi) is 30.9. The van der Waals surface area contributed by atoms with Crippen LogP contribution in [0.15, 0.2) is 12.7 Å². The van der Waals surface area contributed by atoms with Crippen LogP contribution >= 0.6 is 0 Å². The molecule has 0 radical (unpaired) electrons. The van der Waals surface area contributed by atoms with Crippen molar-refractivity contribution in [3.05, 3.63) is 12.7 Å². The number of hydrogen-bond donors (Lipinski definition) is 3. The van der Waals surface area contributed by atoms with Crippen molar-refractivity contribution >= 4 is 29.9 Å². The number of likely N-dealkylation sites (tertiary alicyclic amines) is 1. The number of methoxy groups -OCH3 is 1. The Morgan fingerprint density at radius 2 is 1.62 bits per heavy atom. The third-order valence-electron chi connectivity index (χ3n) is 4.75. The van der Waals surface area contributed by atoms with Gasteiger partial charge < -0.3 is 25.6 Å². The van der Waals surface area contributed by atoms with Crippen LogP contribution in [0.3, 0.4) is 0 Å². The van der Waals surface area contributed by atoms with Crippen molar-refractivity contribution in [2.45, 2.75) is 92.0 Å². The second-order valence-electron chi connectivity index (χ2n) is 8.00. The van der Waals surface area contributed by atoms with Crippen LogP contribution < -0.4 is 16.0 Å². The molecule has 1 aliphatic heterocycles. The van der Waals surface area contributed by atoms with E-state index in [9.17, 15) is 24.0 Å². The standard InChI is InChI=1S/C14H20N4O5.C8H18O.C3H8.C2H6/c1-2-5-16-14(23)11(20)7-17-13(22)10-4-3-6-18(10)12(21)8-15-9-19;1-3-4-5-6-7-8-9-2;1-3-2;1-2/h2,9-10H,1,3-8H2,(H,15,19)(H,16,23)(H,17,22);3-8H2,1-2H3;3H2,1-2H3;1-2H3. The maximum atomic E-state index is 12.1. The lowest BCUT2D eigenvalue weighted by Crippen LogP contribution is -2.50. The molecule has 0 saturated carbocycles. The van der Waals surface area contributed by atoms with Crippen LogP contribution in [-0.4, -0.2) is 80.8 Å². The molecule has 0 spiro atoms. The van der Waals surface area contributed by atoms with Gasteiger partial charge in [-0.25, -0.2) is 0 Å². The van der Waals surface area contributed by atoms with Gasteiger partial charge in [-0.3, -0.25) is 24.0 Å². The van der Waals surface area contributed by atoms with Gasteiger partial charge in [0.05, 0.1) is 13.1 Å². The number of unbranched alkanes of at least 4 members (excludes halogenated alkanes) is 4. The Morgan fingerprint density at radius 1 is 1.00 bits per heavy atom. The number of nitrogens with zero attached hydrogens (tertiary/aromatic N) is 1. The molecule has 1 saturated heterocycles. The number of rotatable bonds is 15. The summed E-state index contributed by atoms with van der Waals surface area (Å²) in [5, 5.41) is 6.93. The van der Waals surface area contributed by atoms with Gasteiger partial charge in [0.15, 0.2) is 0 Å². The Hall–Kier alpha value is -2.75. The van der Waals surface area contributed by atoms with E-state index in [1.54, 1.807) is 7.11 Å². The number of carbonyl (C=O) groups excluding carboxylic acids is 5. The molecule has 37 heavy (non-hydrogen) atoms. The zero-order chi connectivity index (χ0) is 28.9. The van der Waals surface area contributed by atoms with Crippen molar-refractivity contribution in [2.75, 3.05) is 39.9 Å². The lowest BCUT2D eigenvalue weighted by atomic mass is 10.2. The Balaban J connectivity index is -0.000000685. The highest BCUT2D eigenvalue weighted by atomic mass is 16.5. The second-order valence-corrected chi connectivity index (χ2v) is 8.00. The molecule has 1 aliphatic rings. The van der Waals surface area contributed by atoms with Gasteiger partial charge in [-0.2, -0.15) is 0 Å². The second kappa shape index (κ2) is 29.5. The molecule has 4 amide bonds. The fraction of sp³-hybridized carbons (Fsp3) is 0.741. The van der Waals surface area contributed by atoms with E-state index in [0.717, 1.165) is 6.61 Å². The molecule has 0 aromatic carbocycles. The van der Waals surface area contributed by atoms with Crippen LogP contribution in [0.25, 0.3) is 0 Å². The molecular weight excluding hydrogens is 476 g/mol. The predicted octanol–water partition coefficient (Wildman–Crippen LogP) is 2.76. The number of hydrogen-bond acceptors (Lipinski definition) is 6. The fourth-order valence-corrected chi connectivity index (χ4v) is 3.05. The first kappa shape index (κ1) is 38.8. The summed E-state index contributed by atoms with van der Waals surface area (Å²) in [4.78, 5) is 58.4. The number of nitrogens with one attached hydrogen (secondary N) is 3. The van der Waals surface area contributed by atoms with Gasteiger partial charge in [0.25, 0.3) is 5.91 Å². The fourth-order valence-electron chi connectivity index (χ4n) is 3.05. The van der Waals surface area contributed by atoms with Gasteiger partial charge >= 0.3 is 0 Å². The minimum atomic E-state index is -0.806. The molecule has 1 unspecified atom stereocenters. The number of carbonyl (C=O) groups is 5. The van der Waals surface area contributed by atoms with Crippen LogP contribution in [0.2, 0.25) is 0 Å². The summed E-state index contributed by atoms with van der Waals surface area (Å²) in [5.41, 5.74) is 0. The van der Waals surface area contributed by atoms with Crippen LogP contribution in [0.4, 0.5) is 0 Å². The first-order valence-corrected chi connectivity index (χ1v) is 13.5. The van der Waals surface area contributed by atoms with Crippen LogP contribution in [0, 0.1) is 0 Å². The van der Waals surface area contributed by atoms with Gasteiger partial charge in [0.2, 0.25) is 24.0 Å². The third kappa shape index (κ3) is 22.2. The van der Waals surface area contributed by atoms with Crippen molar-refractivity contribution in [1.29, 1.82) is 0 Å². The van der Waals surface area contributed by atoms with E-state index in [1.165, 1.54) is 49.5 Å². The highest BCUT2D eigenvalue weighted by Gasteiger charge is 2.34. The lowest BCUT2D eigenvalue weighted by molar-refractivity contribution is -0.140. The zero-order valence-corrected chi connectivity index (χ0v) is 24.0. The number of ketones is 1. The first-order chi connectivity index (χ1) is 17.8. The van der Waals surface area contributed by atoms with Crippen LogP contribution in [-0.2, 0) is 28.7 Å². The highest BCUT2D eigenvalue weighted by Crippen LogP contribution is 2.17. The molecular formula is C27H52N4O6. The summed E-state index contributed by atoms with van der Waals surface area (Å²) in [5.74, 6) is -2.45. The van der Waals surface area contributed by atoms with E-state index in [4.69, 9.17) is 4.74 Å². The molecule has 1 heterocycles. The summed E-state index contributed by atoms with van der Waals surface area (Å²) < 4.78 is 4.92. The molecule has 216 valence electrons. The molecule has 1 fully saturated rings. The van der Waals surface area contributed by atoms with Crippen molar-refractivity contribution in [3.8, 4) is 0 Å². The van der Waals surface area contributed by atoms with E-state index < -0.39 is 30.2 Å². The summed E-state index contributed by atoms with van der Waals surface area (Å²) >= 11 is 0. The summed E-state index contributed by atoms with van der Waals surface area (Å²) in [6.45, 7) is 14.8. The molecule has 3 N–H and O–H groups in total. The highest BCUT2D eigenvalue weighted by molar-refractivity contribution is 6.37. The average molecular weight is 529 g/mol. The van der Waals surface area contributed by atoms with E-state index in [0.29, 0.717) is 25.8 Å². The molecule has 10 heteroatoms. The maximum absolute atomic E-state index is 12.1. The largest absolute Gasteiger partial charge is 0.385 e. The lowest BCUT2D eigenvalue weighted by Gasteiger charge is -2.23. The Morgan fingerprint density at radius 3 is 2.16 bits per heavy atom. The Labute approximate surface area is 224 Å². The number of ether oxygens (including phenoxy) is 1. The minimum Gasteiger partial charge on any atom is -0.385 e. The van der Waals surface area contributed by atoms with Crippen molar-refractivity contribution in [1.82, 2.24) is 20.9 Å². The maximum Gasteiger partial charge on any atom is 0.289 e. The van der Waals surface area contributed by atoms with E-state index >= 15 is 0 Å². The minimum absolute atomic E-state index is 0.160. The average Bonchev–Trinajstić information content (AvgIpc) is 3.41. The topological polar surface area (TPSA) is 134 Å². The van der Waals surface area contributed by atoms with E-state index in [-0.39, 0.29) is 19.0 Å². The van der Waals surface area contributed by atoms with Gasteiger partial charge in [0.1, 0.15) is 6.04 Å². The van der Waals surface area contributed by atoms with E-state index in [1.807, 2.05) is 13.8 Å². The zero-order valence-electron chi connectivity index (χ0n) is 24.0. The molecule has 0 aromatic rings. The summed E-state index contributed by atoms with van der Waals surface area (Å²) in [6, 6.07) is -0.694. The third-order valence-corrected chi connectivity index (χ3v) is 4.75. The van der Waals surface area contributed by atoms with Gasteiger partial charge in [-0.1, -0.05) is 72.8 Å². The summed E-state index contributed by atoms with van der Waals surface area (Å²) in [7, 11) is 1.76.